The number of ketones is 1. The van der Waals surface area contributed by atoms with Gasteiger partial charge >= 0.3 is 0 Å². The number of hydrogen-bond acceptors (Lipinski definition) is 2. The molecule has 1 fully saturated rings. The van der Waals surface area contributed by atoms with Gasteiger partial charge in [0, 0.05) is 12.3 Å². The molecule has 0 N–H and O–H groups in total. The van der Waals surface area contributed by atoms with Gasteiger partial charge < -0.3 is 0 Å². The first-order valence-corrected chi connectivity index (χ1v) is 7.32. The zero-order chi connectivity index (χ0) is 12.1. The van der Waals surface area contributed by atoms with Crippen LogP contribution in [0.15, 0.2) is 16.8 Å². The molecule has 1 saturated carbocycles. The SMILES string of the molecule is CCCC#CC(=O)[C@@H]1CCC[C@@H]1c1ccsc1. The third-order valence-electron chi connectivity index (χ3n) is 3.41. The minimum Gasteiger partial charge on any atom is -0.285 e. The standard InChI is InChI=1S/C15H18OS/c1-2-3-4-8-15(16)14-7-5-6-13(14)12-9-10-17-11-12/h9-11,13-14H,2-3,5-7H2,1H3/t13-,14-/m1/s1. The van der Waals surface area contributed by atoms with Gasteiger partial charge in [0.15, 0.2) is 0 Å². The van der Waals surface area contributed by atoms with Crippen molar-refractivity contribution in [3.63, 3.8) is 0 Å². The quantitative estimate of drug-likeness (QED) is 0.582. The zero-order valence-electron chi connectivity index (χ0n) is 10.2. The van der Waals surface area contributed by atoms with Gasteiger partial charge in [-0.05, 0) is 53.5 Å². The minimum atomic E-state index is 0.147. The van der Waals surface area contributed by atoms with Gasteiger partial charge in [0.1, 0.15) is 0 Å². The molecule has 1 heterocycles. The van der Waals surface area contributed by atoms with Gasteiger partial charge in [-0.2, -0.15) is 11.3 Å². The van der Waals surface area contributed by atoms with Crippen molar-refractivity contribution in [2.75, 3.05) is 0 Å². The van der Waals surface area contributed by atoms with Crippen LogP contribution in [-0.2, 0) is 4.79 Å². The Hall–Kier alpha value is -1.07. The van der Waals surface area contributed by atoms with Crippen molar-refractivity contribution in [1.82, 2.24) is 0 Å². The molecule has 0 amide bonds. The van der Waals surface area contributed by atoms with E-state index < -0.39 is 0 Å². The van der Waals surface area contributed by atoms with E-state index in [9.17, 15) is 4.79 Å². The van der Waals surface area contributed by atoms with Gasteiger partial charge in [0.2, 0.25) is 5.78 Å². The molecule has 1 aromatic heterocycles. The molecule has 2 rings (SSSR count). The molecule has 1 aromatic rings. The lowest BCUT2D eigenvalue weighted by Crippen LogP contribution is -2.15. The Morgan fingerprint density at radius 1 is 1.53 bits per heavy atom. The lowest BCUT2D eigenvalue weighted by molar-refractivity contribution is -0.117. The maximum atomic E-state index is 12.1. The topological polar surface area (TPSA) is 17.1 Å². The summed E-state index contributed by atoms with van der Waals surface area (Å²) in [6.45, 7) is 2.09. The molecule has 2 atom stereocenters. The predicted octanol–water partition coefficient (Wildman–Crippen LogP) is 4.00. The summed E-state index contributed by atoms with van der Waals surface area (Å²) < 4.78 is 0. The highest BCUT2D eigenvalue weighted by Crippen LogP contribution is 2.40. The molecule has 0 unspecified atom stereocenters. The number of thiophene rings is 1. The summed E-state index contributed by atoms with van der Waals surface area (Å²) in [5.74, 6) is 6.54. The van der Waals surface area contributed by atoms with E-state index in [0.29, 0.717) is 5.92 Å². The summed E-state index contributed by atoms with van der Waals surface area (Å²) in [6.07, 6.45) is 5.18. The second-order valence-electron chi connectivity index (χ2n) is 4.62. The van der Waals surface area contributed by atoms with Gasteiger partial charge in [-0.15, -0.1) is 0 Å². The molecule has 0 saturated heterocycles. The average Bonchev–Trinajstić information content (AvgIpc) is 2.99. The van der Waals surface area contributed by atoms with Crippen molar-refractivity contribution < 1.29 is 4.79 Å². The van der Waals surface area contributed by atoms with Gasteiger partial charge in [-0.3, -0.25) is 4.79 Å². The Morgan fingerprint density at radius 2 is 2.41 bits per heavy atom. The second-order valence-corrected chi connectivity index (χ2v) is 5.40. The van der Waals surface area contributed by atoms with E-state index in [2.05, 4.69) is 35.6 Å². The van der Waals surface area contributed by atoms with Crippen molar-refractivity contribution in [2.24, 2.45) is 5.92 Å². The van der Waals surface area contributed by atoms with Crippen LogP contribution >= 0.6 is 11.3 Å². The predicted molar refractivity (Wildman–Crippen MR) is 72.1 cm³/mol. The minimum absolute atomic E-state index is 0.147. The Morgan fingerprint density at radius 3 is 3.12 bits per heavy atom. The molecule has 1 nitrogen and oxygen atoms in total. The van der Waals surface area contributed by atoms with E-state index in [1.165, 1.54) is 5.56 Å². The van der Waals surface area contributed by atoms with Crippen LogP contribution in [0.3, 0.4) is 0 Å². The van der Waals surface area contributed by atoms with Crippen molar-refractivity contribution in [2.45, 2.75) is 44.9 Å². The summed E-state index contributed by atoms with van der Waals surface area (Å²) in [5.41, 5.74) is 1.34. The van der Waals surface area contributed by atoms with Crippen LogP contribution in [-0.4, -0.2) is 5.78 Å². The number of carbonyl (C=O) groups excluding carboxylic acids is 1. The molecule has 0 bridgehead atoms. The van der Waals surface area contributed by atoms with E-state index >= 15 is 0 Å². The summed E-state index contributed by atoms with van der Waals surface area (Å²) in [4.78, 5) is 12.1. The number of hydrogen-bond donors (Lipinski definition) is 0. The van der Waals surface area contributed by atoms with Crippen LogP contribution in [0.4, 0.5) is 0 Å². The van der Waals surface area contributed by atoms with Crippen LogP contribution in [0.1, 0.15) is 50.5 Å². The number of unbranched alkanes of at least 4 members (excludes halogenated alkanes) is 1. The summed E-state index contributed by atoms with van der Waals surface area (Å²) in [7, 11) is 0. The highest BCUT2D eigenvalue weighted by molar-refractivity contribution is 7.08. The summed E-state index contributed by atoms with van der Waals surface area (Å²) in [6, 6.07) is 2.15. The fourth-order valence-electron chi connectivity index (χ4n) is 2.53. The molecular formula is C15H18OS. The monoisotopic (exact) mass is 246 g/mol. The third-order valence-corrected chi connectivity index (χ3v) is 4.11. The van der Waals surface area contributed by atoms with E-state index in [1.807, 2.05) is 0 Å². The largest absolute Gasteiger partial charge is 0.285 e. The van der Waals surface area contributed by atoms with Gasteiger partial charge in [0.05, 0.1) is 0 Å². The molecule has 0 aliphatic heterocycles. The van der Waals surface area contributed by atoms with Crippen LogP contribution in [0, 0.1) is 17.8 Å². The Balaban J connectivity index is 2.05. The van der Waals surface area contributed by atoms with Crippen molar-refractivity contribution in [1.29, 1.82) is 0 Å². The van der Waals surface area contributed by atoms with E-state index in [0.717, 1.165) is 32.1 Å². The lowest BCUT2D eigenvalue weighted by Gasteiger charge is -2.14. The van der Waals surface area contributed by atoms with Crippen molar-refractivity contribution in [3.05, 3.63) is 22.4 Å². The number of rotatable bonds is 3. The molecular weight excluding hydrogens is 228 g/mol. The van der Waals surface area contributed by atoms with Gasteiger partial charge in [0.25, 0.3) is 0 Å². The first-order valence-electron chi connectivity index (χ1n) is 6.37. The third kappa shape index (κ3) is 2.98. The van der Waals surface area contributed by atoms with Gasteiger partial charge in [-0.25, -0.2) is 0 Å². The molecule has 17 heavy (non-hydrogen) atoms. The van der Waals surface area contributed by atoms with Crippen LogP contribution in [0.5, 0.6) is 0 Å². The van der Waals surface area contributed by atoms with Crippen LogP contribution < -0.4 is 0 Å². The number of Topliss-reactive ketones (excluding diaryl/α,β-unsaturated/α-hetero) is 1. The zero-order valence-corrected chi connectivity index (χ0v) is 11.1. The van der Waals surface area contributed by atoms with Gasteiger partial charge in [-0.1, -0.05) is 19.3 Å². The van der Waals surface area contributed by atoms with E-state index in [4.69, 9.17) is 0 Å². The molecule has 90 valence electrons. The maximum absolute atomic E-state index is 12.1. The Kier molecular flexibility index (Phi) is 4.39. The molecule has 1 aliphatic carbocycles. The maximum Gasteiger partial charge on any atom is 0.209 e. The van der Waals surface area contributed by atoms with Crippen molar-refractivity contribution in [3.8, 4) is 11.8 Å². The summed E-state index contributed by atoms with van der Waals surface area (Å²) >= 11 is 1.71. The first-order chi connectivity index (χ1) is 8.33. The van der Waals surface area contributed by atoms with Crippen LogP contribution in [0.25, 0.3) is 0 Å². The summed E-state index contributed by atoms with van der Waals surface area (Å²) in [5, 5.41) is 4.27. The first kappa shape index (κ1) is 12.4. The Labute approximate surface area is 107 Å². The molecule has 0 aromatic carbocycles. The fourth-order valence-corrected chi connectivity index (χ4v) is 3.25. The van der Waals surface area contributed by atoms with Crippen molar-refractivity contribution >= 4 is 17.1 Å². The second kappa shape index (κ2) is 6.02. The van der Waals surface area contributed by atoms with E-state index in [-0.39, 0.29) is 11.7 Å². The highest BCUT2D eigenvalue weighted by Gasteiger charge is 2.33. The molecule has 0 spiro atoms. The highest BCUT2D eigenvalue weighted by atomic mass is 32.1. The molecule has 2 heteroatoms. The Bertz CT molecular complexity index is 422. The van der Waals surface area contributed by atoms with E-state index in [1.54, 1.807) is 11.3 Å². The molecule has 1 aliphatic rings. The fraction of sp³-hybridized carbons (Fsp3) is 0.533. The lowest BCUT2D eigenvalue weighted by atomic mass is 9.88. The average molecular weight is 246 g/mol. The van der Waals surface area contributed by atoms with Crippen LogP contribution in [0.2, 0.25) is 0 Å². The number of carbonyl (C=O) groups is 1. The normalized spacial score (nSPS) is 23.1. The molecule has 0 radical (unpaired) electrons. The smallest absolute Gasteiger partial charge is 0.209 e.